The first-order valence-electron chi connectivity index (χ1n) is 12.0. The highest BCUT2D eigenvalue weighted by molar-refractivity contribution is 5.85. The van der Waals surface area contributed by atoms with Crippen molar-refractivity contribution in [3.05, 3.63) is 24.3 Å². The van der Waals surface area contributed by atoms with Gasteiger partial charge in [-0.2, -0.15) is 0 Å². The number of carboxylic acids is 2. The Balaban J connectivity index is 0. The van der Waals surface area contributed by atoms with Crippen LogP contribution < -0.4 is 0 Å². The van der Waals surface area contributed by atoms with Gasteiger partial charge in [-0.25, -0.2) is 9.59 Å². The van der Waals surface area contributed by atoms with Crippen molar-refractivity contribution < 1.29 is 19.8 Å². The van der Waals surface area contributed by atoms with E-state index in [0.717, 1.165) is 31.6 Å². The van der Waals surface area contributed by atoms with Crippen molar-refractivity contribution in [2.75, 3.05) is 0 Å². The molecule has 4 heteroatoms. The third-order valence-corrected chi connectivity index (χ3v) is 5.20. The second-order valence-corrected chi connectivity index (χ2v) is 8.74. The van der Waals surface area contributed by atoms with Gasteiger partial charge in [-0.1, -0.05) is 111 Å². The first-order chi connectivity index (χ1) is 14.2. The molecule has 0 aliphatic carbocycles. The Hall–Kier alpha value is -1.58. The summed E-state index contributed by atoms with van der Waals surface area (Å²) in [7, 11) is 0. The van der Waals surface area contributed by atoms with E-state index >= 15 is 0 Å². The molecule has 0 aliphatic rings. The third kappa shape index (κ3) is 24.5. The molecule has 0 radical (unpaired) electrons. The number of hydrogen-bond donors (Lipinski definition) is 2. The molecule has 0 saturated carbocycles. The van der Waals surface area contributed by atoms with E-state index in [-0.39, 0.29) is 0 Å². The Morgan fingerprint density at radius 3 is 1.30 bits per heavy atom. The lowest BCUT2D eigenvalue weighted by molar-refractivity contribution is -0.133. The Morgan fingerprint density at radius 2 is 0.967 bits per heavy atom. The van der Waals surface area contributed by atoms with E-state index < -0.39 is 11.9 Å². The smallest absolute Gasteiger partial charge is 0.330 e. The lowest BCUT2D eigenvalue weighted by atomic mass is 10.0. The minimum Gasteiger partial charge on any atom is -0.478 e. The van der Waals surface area contributed by atoms with Crippen molar-refractivity contribution in [3.8, 4) is 0 Å². The van der Waals surface area contributed by atoms with Gasteiger partial charge in [0.25, 0.3) is 0 Å². The van der Waals surface area contributed by atoms with Gasteiger partial charge in [-0.3, -0.25) is 0 Å². The highest BCUT2D eigenvalue weighted by Gasteiger charge is 2.03. The maximum absolute atomic E-state index is 10.4. The molecule has 0 aromatic rings. The molecular weight excluding hydrogens is 376 g/mol. The highest BCUT2D eigenvalue weighted by Crippen LogP contribution is 2.13. The van der Waals surface area contributed by atoms with Gasteiger partial charge in [0.05, 0.1) is 0 Å². The molecule has 2 N–H and O–H groups in total. The van der Waals surface area contributed by atoms with E-state index in [1.165, 1.54) is 64.2 Å². The van der Waals surface area contributed by atoms with Gasteiger partial charge in [0.2, 0.25) is 0 Å². The third-order valence-electron chi connectivity index (χ3n) is 5.20. The van der Waals surface area contributed by atoms with E-state index in [1.807, 2.05) is 0 Å². The predicted octanol–water partition coefficient (Wildman–Crippen LogP) is 8.17. The maximum Gasteiger partial charge on any atom is 0.330 e. The SMILES string of the molecule is C=C(CCCCCCCC(C)C)C(=O)O.C=C(CCCCCCCCCC)C(=O)O. The zero-order chi connectivity index (χ0) is 23.2. The van der Waals surface area contributed by atoms with Crippen LogP contribution in [0.4, 0.5) is 0 Å². The lowest BCUT2D eigenvalue weighted by Gasteiger charge is -2.04. The standard InChI is InChI=1S/2C13H24O2/c1-11(2)9-7-5-4-6-8-10-12(3)13(14)15;1-3-4-5-6-7-8-9-10-11-12(2)13(14)15/h11H,3-10H2,1-2H3,(H,14,15);2-11H2,1H3,(H,14,15). The topological polar surface area (TPSA) is 74.6 Å². The average Bonchev–Trinajstić information content (AvgIpc) is 2.69. The van der Waals surface area contributed by atoms with E-state index in [2.05, 4.69) is 33.9 Å². The number of aliphatic carboxylic acids is 2. The minimum absolute atomic E-state index is 0.345. The summed E-state index contributed by atoms with van der Waals surface area (Å²) >= 11 is 0. The van der Waals surface area contributed by atoms with Gasteiger partial charge < -0.3 is 10.2 Å². The Bertz CT molecular complexity index is 466. The first kappa shape index (κ1) is 30.6. The van der Waals surface area contributed by atoms with Crippen LogP contribution in [-0.2, 0) is 9.59 Å². The summed E-state index contributed by atoms with van der Waals surface area (Å²) < 4.78 is 0. The predicted molar refractivity (Wildman–Crippen MR) is 128 cm³/mol. The molecule has 0 spiro atoms. The van der Waals surface area contributed by atoms with Crippen LogP contribution in [0, 0.1) is 5.92 Å². The summed E-state index contributed by atoms with van der Waals surface area (Å²) in [5.74, 6) is -0.899. The summed E-state index contributed by atoms with van der Waals surface area (Å²) in [6.45, 7) is 13.7. The molecule has 0 amide bonds. The number of hydrogen-bond acceptors (Lipinski definition) is 2. The number of unbranched alkanes of at least 4 members (excludes halogenated alkanes) is 11. The van der Waals surface area contributed by atoms with Gasteiger partial charge >= 0.3 is 11.9 Å². The van der Waals surface area contributed by atoms with Crippen LogP contribution in [-0.4, -0.2) is 22.2 Å². The normalized spacial score (nSPS) is 10.4. The van der Waals surface area contributed by atoms with Crippen LogP contribution >= 0.6 is 0 Å². The Morgan fingerprint density at radius 1 is 0.633 bits per heavy atom. The summed E-state index contributed by atoms with van der Waals surface area (Å²) in [6.07, 6.45) is 18.4. The molecule has 0 atom stereocenters. The zero-order valence-electron chi connectivity index (χ0n) is 20.0. The van der Waals surface area contributed by atoms with Gasteiger partial charge in [0.1, 0.15) is 0 Å². The number of carbonyl (C=O) groups is 2. The van der Waals surface area contributed by atoms with Gasteiger partial charge in [0, 0.05) is 11.1 Å². The van der Waals surface area contributed by atoms with Crippen molar-refractivity contribution in [1.29, 1.82) is 0 Å². The molecule has 176 valence electrons. The van der Waals surface area contributed by atoms with Crippen LogP contribution in [0.25, 0.3) is 0 Å². The van der Waals surface area contributed by atoms with Crippen molar-refractivity contribution in [3.63, 3.8) is 0 Å². The Labute approximate surface area is 185 Å². The maximum atomic E-state index is 10.4. The number of carboxylic acid groups (broad SMARTS) is 2. The van der Waals surface area contributed by atoms with E-state index in [4.69, 9.17) is 10.2 Å². The molecule has 0 rings (SSSR count). The zero-order valence-corrected chi connectivity index (χ0v) is 20.0. The van der Waals surface area contributed by atoms with Gasteiger partial charge in [-0.05, 0) is 31.6 Å². The molecule has 0 aromatic carbocycles. The summed E-state index contributed by atoms with van der Waals surface area (Å²) in [5, 5.41) is 17.2. The quantitative estimate of drug-likeness (QED) is 0.162. The van der Waals surface area contributed by atoms with E-state index in [9.17, 15) is 9.59 Å². The molecule has 30 heavy (non-hydrogen) atoms. The van der Waals surface area contributed by atoms with Crippen molar-refractivity contribution in [2.45, 2.75) is 124 Å². The fraction of sp³-hybridized carbons (Fsp3) is 0.769. The van der Waals surface area contributed by atoms with Crippen molar-refractivity contribution in [2.24, 2.45) is 5.92 Å². The molecule has 4 nitrogen and oxygen atoms in total. The molecule has 0 aromatic heterocycles. The molecule has 0 saturated heterocycles. The lowest BCUT2D eigenvalue weighted by Crippen LogP contribution is -1.98. The van der Waals surface area contributed by atoms with Crippen LogP contribution in [0.5, 0.6) is 0 Å². The highest BCUT2D eigenvalue weighted by atomic mass is 16.4. The second-order valence-electron chi connectivity index (χ2n) is 8.74. The first-order valence-corrected chi connectivity index (χ1v) is 12.0. The minimum atomic E-state index is -0.852. The fourth-order valence-electron chi connectivity index (χ4n) is 3.11. The Kier molecular flexibility index (Phi) is 22.6. The summed E-state index contributed by atoms with van der Waals surface area (Å²) in [4.78, 5) is 20.9. The van der Waals surface area contributed by atoms with Crippen molar-refractivity contribution in [1.82, 2.24) is 0 Å². The monoisotopic (exact) mass is 424 g/mol. The molecular formula is C26H48O4. The van der Waals surface area contributed by atoms with Crippen LogP contribution in [0.1, 0.15) is 124 Å². The van der Waals surface area contributed by atoms with Crippen LogP contribution in [0.15, 0.2) is 24.3 Å². The molecule has 0 unspecified atom stereocenters. The van der Waals surface area contributed by atoms with Gasteiger partial charge in [-0.15, -0.1) is 0 Å². The van der Waals surface area contributed by atoms with Crippen LogP contribution in [0.2, 0.25) is 0 Å². The van der Waals surface area contributed by atoms with Crippen molar-refractivity contribution >= 4 is 11.9 Å². The molecule has 0 bridgehead atoms. The average molecular weight is 425 g/mol. The van der Waals surface area contributed by atoms with E-state index in [1.54, 1.807) is 0 Å². The second kappa shape index (κ2) is 22.1. The summed E-state index contributed by atoms with van der Waals surface area (Å²) in [6, 6.07) is 0. The fourth-order valence-corrected chi connectivity index (χ4v) is 3.11. The largest absolute Gasteiger partial charge is 0.478 e. The van der Waals surface area contributed by atoms with Crippen LogP contribution in [0.3, 0.4) is 0 Å². The molecule has 0 heterocycles. The van der Waals surface area contributed by atoms with Gasteiger partial charge in [0.15, 0.2) is 0 Å². The van der Waals surface area contributed by atoms with E-state index in [0.29, 0.717) is 24.0 Å². The molecule has 0 fully saturated rings. The summed E-state index contributed by atoms with van der Waals surface area (Å²) in [5.41, 5.74) is 0.693. The molecule has 0 aliphatic heterocycles. The number of rotatable bonds is 19.